The van der Waals surface area contributed by atoms with Gasteiger partial charge in [-0.3, -0.25) is 19.9 Å². The molecule has 2 aromatic carbocycles. The fourth-order valence-electron chi connectivity index (χ4n) is 5.49. The first kappa shape index (κ1) is 29.1. The summed E-state index contributed by atoms with van der Waals surface area (Å²) in [5.74, 6) is -0.217. The maximum atomic E-state index is 13.2. The molecule has 0 spiro atoms. The molecular weight excluding hydrogens is 532 g/mol. The minimum atomic E-state index is -0.608. The highest BCUT2D eigenvalue weighted by atomic mass is 16.5. The number of benzene rings is 2. The van der Waals surface area contributed by atoms with Gasteiger partial charge < -0.3 is 25.6 Å². The molecule has 0 unspecified atom stereocenters. The summed E-state index contributed by atoms with van der Waals surface area (Å²) in [6.07, 6.45) is 6.86. The molecule has 4 N–H and O–H groups in total. The zero-order valence-electron chi connectivity index (χ0n) is 23.7. The lowest BCUT2D eigenvalue weighted by Crippen LogP contribution is -2.40. The molecule has 3 amide bonds. The van der Waals surface area contributed by atoms with Crippen LogP contribution in [-0.2, 0) is 11.3 Å². The van der Waals surface area contributed by atoms with E-state index in [1.54, 1.807) is 36.7 Å². The Balaban J connectivity index is 1.31. The number of aromatic nitrogens is 1. The first-order valence-corrected chi connectivity index (χ1v) is 14.6. The fourth-order valence-corrected chi connectivity index (χ4v) is 5.49. The molecule has 0 radical (unpaired) electrons. The summed E-state index contributed by atoms with van der Waals surface area (Å²) in [5, 5.41) is 6.00. The Kier molecular flexibility index (Phi) is 9.66. The predicted molar refractivity (Wildman–Crippen MR) is 161 cm³/mol. The van der Waals surface area contributed by atoms with Crippen molar-refractivity contribution < 1.29 is 19.1 Å². The van der Waals surface area contributed by atoms with Gasteiger partial charge in [-0.2, -0.15) is 0 Å². The van der Waals surface area contributed by atoms with Crippen LogP contribution in [0.5, 0.6) is 0 Å². The average Bonchev–Trinajstić information content (AvgIpc) is 3.28. The Hall–Kier alpha value is -4.44. The van der Waals surface area contributed by atoms with E-state index < -0.39 is 6.09 Å². The van der Waals surface area contributed by atoms with Crippen LogP contribution in [0.2, 0.25) is 0 Å². The van der Waals surface area contributed by atoms with Gasteiger partial charge in [0, 0.05) is 61.8 Å². The van der Waals surface area contributed by atoms with Crippen LogP contribution in [0.1, 0.15) is 58.4 Å². The van der Waals surface area contributed by atoms with Crippen molar-refractivity contribution in [1.82, 2.24) is 15.2 Å². The first-order valence-electron chi connectivity index (χ1n) is 14.6. The van der Waals surface area contributed by atoms with E-state index in [1.165, 1.54) is 0 Å². The summed E-state index contributed by atoms with van der Waals surface area (Å²) in [4.78, 5) is 47.1. The number of amides is 3. The van der Waals surface area contributed by atoms with Gasteiger partial charge in [0.25, 0.3) is 11.8 Å². The maximum absolute atomic E-state index is 13.2. The lowest BCUT2D eigenvalue weighted by atomic mass is 9.91. The number of nitrogens with one attached hydrogen (secondary N) is 2. The number of hydrogen-bond donors (Lipinski definition) is 3. The third kappa shape index (κ3) is 7.64. The van der Waals surface area contributed by atoms with Gasteiger partial charge in [-0.15, -0.1) is 0 Å². The molecule has 1 aliphatic carbocycles. The van der Waals surface area contributed by atoms with Crippen LogP contribution < -0.4 is 21.3 Å². The van der Waals surface area contributed by atoms with Crippen molar-refractivity contribution in [3.63, 3.8) is 0 Å². The minimum Gasteiger partial charge on any atom is -0.444 e. The quantitative estimate of drug-likeness (QED) is 0.389. The molecule has 10 nitrogen and oxygen atoms in total. The molecule has 1 aromatic heterocycles. The molecule has 1 saturated carbocycles. The van der Waals surface area contributed by atoms with E-state index in [4.69, 9.17) is 10.5 Å². The molecule has 42 heavy (non-hydrogen) atoms. The molecule has 10 heteroatoms. The van der Waals surface area contributed by atoms with Gasteiger partial charge in [0.1, 0.15) is 6.61 Å². The van der Waals surface area contributed by atoms with Crippen molar-refractivity contribution in [2.45, 2.75) is 50.8 Å². The smallest absolute Gasteiger partial charge is 0.412 e. The molecule has 5 rings (SSSR count). The zero-order valence-corrected chi connectivity index (χ0v) is 23.7. The number of pyridine rings is 1. The molecule has 3 aromatic rings. The first-order chi connectivity index (χ1) is 20.5. The summed E-state index contributed by atoms with van der Waals surface area (Å²) < 4.78 is 5.49. The van der Waals surface area contributed by atoms with Crippen molar-refractivity contribution in [1.29, 1.82) is 0 Å². The van der Waals surface area contributed by atoms with Gasteiger partial charge >= 0.3 is 6.09 Å². The Morgan fingerprint density at radius 2 is 1.64 bits per heavy atom. The number of anilines is 2. The second-order valence-corrected chi connectivity index (χ2v) is 10.9. The van der Waals surface area contributed by atoms with E-state index in [0.29, 0.717) is 43.0 Å². The summed E-state index contributed by atoms with van der Waals surface area (Å²) in [7, 11) is 0. The van der Waals surface area contributed by atoms with Crippen molar-refractivity contribution in [3.05, 3.63) is 89.7 Å². The molecule has 1 saturated heterocycles. The Morgan fingerprint density at radius 1 is 0.881 bits per heavy atom. The fraction of sp³-hybridized carbons (Fsp3) is 0.375. The summed E-state index contributed by atoms with van der Waals surface area (Å²) in [6.45, 7) is 2.51. The lowest BCUT2D eigenvalue weighted by Gasteiger charge is -2.28. The van der Waals surface area contributed by atoms with E-state index in [9.17, 15) is 14.4 Å². The Labute approximate surface area is 246 Å². The van der Waals surface area contributed by atoms with E-state index in [0.717, 1.165) is 43.4 Å². The molecule has 0 atom stereocenters. The Morgan fingerprint density at radius 3 is 2.40 bits per heavy atom. The van der Waals surface area contributed by atoms with E-state index in [-0.39, 0.29) is 30.5 Å². The molecular formula is C32H38N6O4. The summed E-state index contributed by atoms with van der Waals surface area (Å²) in [5.41, 5.74) is 9.22. The van der Waals surface area contributed by atoms with Crippen LogP contribution in [0.4, 0.5) is 16.2 Å². The average molecular weight is 571 g/mol. The third-order valence-electron chi connectivity index (χ3n) is 7.87. The predicted octanol–water partition coefficient (Wildman–Crippen LogP) is 4.18. The third-order valence-corrected chi connectivity index (χ3v) is 7.87. The number of carbonyl (C=O) groups is 3. The number of ether oxygens (including phenoxy) is 1. The van der Waals surface area contributed by atoms with Gasteiger partial charge in [-0.1, -0.05) is 30.3 Å². The minimum absolute atomic E-state index is 0.0298. The van der Waals surface area contributed by atoms with E-state index >= 15 is 0 Å². The van der Waals surface area contributed by atoms with E-state index in [1.807, 2.05) is 41.3 Å². The van der Waals surface area contributed by atoms with Crippen LogP contribution in [-0.4, -0.2) is 66.1 Å². The van der Waals surface area contributed by atoms with Crippen LogP contribution in [0, 0.1) is 0 Å². The van der Waals surface area contributed by atoms with Crippen molar-refractivity contribution in [3.8, 4) is 0 Å². The second-order valence-electron chi connectivity index (χ2n) is 10.9. The highest BCUT2D eigenvalue weighted by Crippen LogP contribution is 2.29. The normalized spacial score (nSPS) is 19.0. The van der Waals surface area contributed by atoms with Crippen LogP contribution in [0.15, 0.2) is 73.1 Å². The lowest BCUT2D eigenvalue weighted by molar-refractivity contribution is 0.0766. The monoisotopic (exact) mass is 570 g/mol. The van der Waals surface area contributed by atoms with Gasteiger partial charge in [-0.05, 0) is 68.0 Å². The van der Waals surface area contributed by atoms with Crippen LogP contribution >= 0.6 is 0 Å². The zero-order chi connectivity index (χ0) is 29.3. The van der Waals surface area contributed by atoms with E-state index in [2.05, 4.69) is 20.5 Å². The topological polar surface area (TPSA) is 130 Å². The molecule has 220 valence electrons. The largest absolute Gasteiger partial charge is 0.444 e. The standard InChI is InChI=1S/C32H38N6O4/c33-26-8-10-27(11-9-26)35-30(39)25-7-12-29(28(21-25)36-32(41)42-22-23-5-2-1-3-6-23)37-17-4-18-38(20-19-37)31(40)24-13-15-34-16-14-24/h1-3,5-7,12-16,21,26-27H,4,8-11,17-20,22,33H2,(H,35,39)(H,36,41). The number of carbonyl (C=O) groups excluding carboxylic acids is 3. The maximum Gasteiger partial charge on any atom is 0.412 e. The number of rotatable bonds is 7. The molecule has 2 heterocycles. The number of nitrogens with zero attached hydrogens (tertiary/aromatic N) is 3. The van der Waals surface area contributed by atoms with Crippen LogP contribution in [0.3, 0.4) is 0 Å². The van der Waals surface area contributed by atoms with Gasteiger partial charge in [-0.25, -0.2) is 4.79 Å². The molecule has 2 fully saturated rings. The number of nitrogens with two attached hydrogens (primary N) is 1. The summed E-state index contributed by atoms with van der Waals surface area (Å²) >= 11 is 0. The second kappa shape index (κ2) is 14.0. The number of hydrogen-bond acceptors (Lipinski definition) is 7. The van der Waals surface area contributed by atoms with Gasteiger partial charge in [0.2, 0.25) is 0 Å². The molecule has 1 aliphatic heterocycles. The molecule has 0 bridgehead atoms. The highest BCUT2D eigenvalue weighted by Gasteiger charge is 2.24. The SMILES string of the molecule is NC1CCC(NC(=O)c2ccc(N3CCCN(C(=O)c4ccncc4)CC3)c(NC(=O)OCc3ccccc3)c2)CC1. The van der Waals surface area contributed by atoms with Gasteiger partial charge in [0.05, 0.1) is 11.4 Å². The van der Waals surface area contributed by atoms with Crippen molar-refractivity contribution in [2.24, 2.45) is 5.73 Å². The van der Waals surface area contributed by atoms with Crippen LogP contribution in [0.25, 0.3) is 0 Å². The Bertz CT molecular complexity index is 1360. The van der Waals surface area contributed by atoms with Crippen molar-refractivity contribution >= 4 is 29.3 Å². The van der Waals surface area contributed by atoms with Gasteiger partial charge in [0.15, 0.2) is 0 Å². The molecule has 2 aliphatic rings. The summed E-state index contributed by atoms with van der Waals surface area (Å²) in [6, 6.07) is 18.5. The van der Waals surface area contributed by atoms with Crippen molar-refractivity contribution in [2.75, 3.05) is 36.4 Å². The highest BCUT2D eigenvalue weighted by molar-refractivity contribution is 5.99.